The van der Waals surface area contributed by atoms with Gasteiger partial charge < -0.3 is 14.4 Å². The summed E-state index contributed by atoms with van der Waals surface area (Å²) in [5, 5.41) is 0. The summed E-state index contributed by atoms with van der Waals surface area (Å²) >= 11 is 0. The second-order valence-electron chi connectivity index (χ2n) is 3.30. The van der Waals surface area contributed by atoms with E-state index >= 15 is 0 Å². The molecule has 5 nitrogen and oxygen atoms in total. The van der Waals surface area contributed by atoms with Gasteiger partial charge in [-0.3, -0.25) is 0 Å². The van der Waals surface area contributed by atoms with Crippen LogP contribution in [0.1, 0.15) is 6.92 Å². The summed E-state index contributed by atoms with van der Waals surface area (Å²) < 4.78 is 9.21. The predicted molar refractivity (Wildman–Crippen MR) is 55.3 cm³/mol. The van der Waals surface area contributed by atoms with Crippen molar-refractivity contribution in [1.82, 2.24) is 4.90 Å². The quantitative estimate of drug-likeness (QED) is 0.484. The van der Waals surface area contributed by atoms with Gasteiger partial charge in [0.1, 0.15) is 6.61 Å². The highest BCUT2D eigenvalue weighted by Crippen LogP contribution is 1.93. The molecular weight excluding hydrogens is 198 g/mol. The van der Waals surface area contributed by atoms with Gasteiger partial charge in [0, 0.05) is 18.2 Å². The van der Waals surface area contributed by atoms with Crippen molar-refractivity contribution in [3.63, 3.8) is 0 Å². The lowest BCUT2D eigenvalue weighted by Crippen LogP contribution is -2.30. The number of carbonyl (C=O) groups excluding carboxylic acids is 2. The largest absolute Gasteiger partial charge is 0.466 e. The van der Waals surface area contributed by atoms with Gasteiger partial charge in [0.05, 0.1) is 7.11 Å². The molecule has 5 heteroatoms. The van der Waals surface area contributed by atoms with Crippen LogP contribution in [-0.2, 0) is 19.1 Å². The number of carbonyl (C=O) groups is 2. The molecule has 0 saturated heterocycles. The highest BCUT2D eigenvalue weighted by atomic mass is 16.5. The van der Waals surface area contributed by atoms with E-state index in [-0.39, 0.29) is 12.6 Å². The molecule has 0 aliphatic rings. The van der Waals surface area contributed by atoms with Gasteiger partial charge in [-0.05, 0) is 21.0 Å². The molecule has 0 fully saturated rings. The summed E-state index contributed by atoms with van der Waals surface area (Å²) in [6.45, 7) is 2.22. The molecule has 0 radical (unpaired) electrons. The Labute approximate surface area is 89.6 Å². The lowest BCUT2D eigenvalue weighted by molar-refractivity contribution is -0.140. The molecule has 86 valence electrons. The van der Waals surface area contributed by atoms with E-state index in [1.54, 1.807) is 0 Å². The third-order valence-electron chi connectivity index (χ3n) is 1.91. The van der Waals surface area contributed by atoms with Gasteiger partial charge in [0.25, 0.3) is 0 Å². The van der Waals surface area contributed by atoms with E-state index in [9.17, 15) is 9.59 Å². The van der Waals surface area contributed by atoms with Crippen LogP contribution >= 0.6 is 0 Å². The van der Waals surface area contributed by atoms with Gasteiger partial charge in [-0.2, -0.15) is 0 Å². The number of rotatable bonds is 5. The first kappa shape index (κ1) is 13.6. The maximum Gasteiger partial charge on any atom is 0.331 e. The smallest absolute Gasteiger partial charge is 0.331 e. The molecular formula is C10H17NO4. The van der Waals surface area contributed by atoms with Crippen molar-refractivity contribution < 1.29 is 19.1 Å². The summed E-state index contributed by atoms with van der Waals surface area (Å²) in [6, 6.07) is 0.139. The molecule has 0 aromatic heterocycles. The summed E-state index contributed by atoms with van der Waals surface area (Å²) in [5.74, 6) is -1.12. The molecule has 1 unspecified atom stereocenters. The number of ether oxygens (including phenoxy) is 2. The van der Waals surface area contributed by atoms with E-state index in [1.807, 2.05) is 25.9 Å². The van der Waals surface area contributed by atoms with Crippen LogP contribution in [0, 0.1) is 0 Å². The van der Waals surface area contributed by atoms with Gasteiger partial charge in [0.2, 0.25) is 0 Å². The van der Waals surface area contributed by atoms with E-state index < -0.39 is 11.9 Å². The van der Waals surface area contributed by atoms with E-state index in [2.05, 4.69) is 4.74 Å². The zero-order valence-electron chi connectivity index (χ0n) is 9.52. The molecule has 15 heavy (non-hydrogen) atoms. The van der Waals surface area contributed by atoms with Gasteiger partial charge >= 0.3 is 11.9 Å². The van der Waals surface area contributed by atoms with Crippen LogP contribution in [-0.4, -0.2) is 50.7 Å². The van der Waals surface area contributed by atoms with E-state index in [0.29, 0.717) is 0 Å². The molecule has 0 aromatic carbocycles. The van der Waals surface area contributed by atoms with E-state index in [0.717, 1.165) is 12.2 Å². The Balaban J connectivity index is 3.85. The van der Waals surface area contributed by atoms with Crippen LogP contribution in [0.5, 0.6) is 0 Å². The van der Waals surface area contributed by atoms with Gasteiger partial charge in [-0.25, -0.2) is 9.59 Å². The normalized spacial score (nSPS) is 12.9. The lowest BCUT2D eigenvalue weighted by atomic mass is 10.3. The van der Waals surface area contributed by atoms with Crippen LogP contribution in [0.15, 0.2) is 12.2 Å². The van der Waals surface area contributed by atoms with Crippen molar-refractivity contribution >= 4 is 11.9 Å². The lowest BCUT2D eigenvalue weighted by Gasteiger charge is -2.18. The fourth-order valence-corrected chi connectivity index (χ4v) is 0.604. The van der Waals surface area contributed by atoms with Crippen LogP contribution in [0.4, 0.5) is 0 Å². The van der Waals surface area contributed by atoms with Crippen LogP contribution in [0.25, 0.3) is 0 Å². The van der Waals surface area contributed by atoms with Gasteiger partial charge in [-0.15, -0.1) is 0 Å². The Morgan fingerprint density at radius 2 is 1.80 bits per heavy atom. The van der Waals surface area contributed by atoms with Crippen LogP contribution in [0.2, 0.25) is 0 Å². The van der Waals surface area contributed by atoms with Crippen LogP contribution < -0.4 is 0 Å². The number of esters is 2. The first-order chi connectivity index (χ1) is 6.97. The zero-order valence-corrected chi connectivity index (χ0v) is 9.52. The van der Waals surface area contributed by atoms with Crippen molar-refractivity contribution in [1.29, 1.82) is 0 Å². The Kier molecular flexibility index (Phi) is 6.37. The predicted octanol–water partition coefficient (Wildman–Crippen LogP) is 0.209. The summed E-state index contributed by atoms with van der Waals surface area (Å²) in [4.78, 5) is 23.6. The molecule has 0 spiro atoms. The highest BCUT2D eigenvalue weighted by molar-refractivity contribution is 5.91. The van der Waals surface area contributed by atoms with Gasteiger partial charge in [-0.1, -0.05) is 0 Å². The average molecular weight is 215 g/mol. The molecule has 1 atom stereocenters. The SMILES string of the molecule is COC(=O)/C=C\C(=O)OCC(C)N(C)C. The maximum absolute atomic E-state index is 11.1. The third kappa shape index (κ3) is 6.68. The Morgan fingerprint density at radius 1 is 1.27 bits per heavy atom. The second kappa shape index (κ2) is 7.00. The molecule has 0 saturated carbocycles. The minimum Gasteiger partial charge on any atom is -0.466 e. The summed E-state index contributed by atoms with van der Waals surface area (Å²) in [5.41, 5.74) is 0. The van der Waals surface area contributed by atoms with Crippen molar-refractivity contribution in [2.75, 3.05) is 27.8 Å². The molecule has 0 bridgehead atoms. The fourth-order valence-electron chi connectivity index (χ4n) is 0.604. The monoisotopic (exact) mass is 215 g/mol. The van der Waals surface area contributed by atoms with E-state index in [1.165, 1.54) is 7.11 Å². The Morgan fingerprint density at radius 3 is 2.27 bits per heavy atom. The van der Waals surface area contributed by atoms with Crippen molar-refractivity contribution in [3.8, 4) is 0 Å². The van der Waals surface area contributed by atoms with Crippen molar-refractivity contribution in [2.24, 2.45) is 0 Å². The molecule has 0 aromatic rings. The van der Waals surface area contributed by atoms with E-state index in [4.69, 9.17) is 4.74 Å². The fraction of sp³-hybridized carbons (Fsp3) is 0.600. The molecule has 0 aliphatic heterocycles. The minimum absolute atomic E-state index is 0.139. The van der Waals surface area contributed by atoms with Crippen LogP contribution in [0.3, 0.4) is 0 Å². The maximum atomic E-state index is 11.1. The standard InChI is InChI=1S/C10H17NO4/c1-8(11(2)3)7-15-10(13)6-5-9(12)14-4/h5-6,8H,7H2,1-4H3/b6-5-. The third-order valence-corrected chi connectivity index (χ3v) is 1.91. The second-order valence-corrected chi connectivity index (χ2v) is 3.30. The molecule has 0 aliphatic carbocycles. The average Bonchev–Trinajstić information content (AvgIpc) is 2.21. The van der Waals surface area contributed by atoms with Crippen molar-refractivity contribution in [2.45, 2.75) is 13.0 Å². The number of nitrogens with zero attached hydrogens (tertiary/aromatic N) is 1. The zero-order chi connectivity index (χ0) is 11.8. The summed E-state index contributed by atoms with van der Waals surface area (Å²) in [6.07, 6.45) is 2.08. The molecule has 0 amide bonds. The number of methoxy groups -OCH3 is 1. The highest BCUT2D eigenvalue weighted by Gasteiger charge is 2.06. The Bertz CT molecular complexity index is 248. The first-order valence-corrected chi connectivity index (χ1v) is 4.56. The first-order valence-electron chi connectivity index (χ1n) is 4.56. The topological polar surface area (TPSA) is 55.8 Å². The summed E-state index contributed by atoms with van der Waals surface area (Å²) in [7, 11) is 5.03. The minimum atomic E-state index is -0.576. The number of hydrogen-bond donors (Lipinski definition) is 0. The van der Waals surface area contributed by atoms with Crippen molar-refractivity contribution in [3.05, 3.63) is 12.2 Å². The Hall–Kier alpha value is -1.36. The molecule has 0 rings (SSSR count). The molecule has 0 N–H and O–H groups in total. The van der Waals surface area contributed by atoms with Gasteiger partial charge in [0.15, 0.2) is 0 Å². The number of hydrogen-bond acceptors (Lipinski definition) is 5. The molecule has 0 heterocycles. The number of likely N-dealkylation sites (N-methyl/N-ethyl adjacent to an activating group) is 1.